The molecule has 1 N–H and O–H groups in total. The summed E-state index contributed by atoms with van der Waals surface area (Å²) in [5, 5.41) is 8.72. The molecule has 1 atom stereocenters. The monoisotopic (exact) mass is 387 g/mol. The maximum atomic E-state index is 12.7. The van der Waals surface area contributed by atoms with E-state index in [4.69, 9.17) is 5.10 Å². The number of carbonyl (C=O) groups is 1. The minimum absolute atomic E-state index is 0.0720. The molecule has 1 amide bonds. The molecule has 1 aromatic carbocycles. The van der Waals surface area contributed by atoms with Gasteiger partial charge < -0.3 is 9.88 Å². The van der Waals surface area contributed by atoms with Crippen molar-refractivity contribution in [1.29, 1.82) is 0 Å². The van der Waals surface area contributed by atoms with E-state index in [0.717, 1.165) is 28.1 Å². The summed E-state index contributed by atoms with van der Waals surface area (Å²) in [7, 11) is 0. The minimum atomic E-state index is -0.0720. The van der Waals surface area contributed by atoms with E-state index in [1.807, 2.05) is 60.3 Å². The molecule has 4 rings (SSSR count). The number of benzene rings is 1. The van der Waals surface area contributed by atoms with E-state index in [9.17, 15) is 4.79 Å². The van der Waals surface area contributed by atoms with Crippen molar-refractivity contribution in [2.45, 2.75) is 33.2 Å². The molecule has 4 aromatic rings. The molecule has 6 heteroatoms. The second kappa shape index (κ2) is 7.91. The van der Waals surface area contributed by atoms with E-state index in [-0.39, 0.29) is 18.4 Å². The molecular formula is C23H25N5O. The lowest BCUT2D eigenvalue weighted by atomic mass is 10.0. The number of pyridine rings is 1. The first-order valence-corrected chi connectivity index (χ1v) is 9.82. The van der Waals surface area contributed by atoms with E-state index in [1.165, 1.54) is 5.56 Å². The Morgan fingerprint density at radius 1 is 1.10 bits per heavy atom. The summed E-state index contributed by atoms with van der Waals surface area (Å²) in [6.07, 6.45) is 3.90. The Hall–Kier alpha value is -3.41. The highest BCUT2D eigenvalue weighted by atomic mass is 16.2. The average Bonchev–Trinajstić information content (AvgIpc) is 3.35. The highest BCUT2D eigenvalue weighted by Gasteiger charge is 2.18. The van der Waals surface area contributed by atoms with Crippen LogP contribution in [-0.4, -0.2) is 31.8 Å². The van der Waals surface area contributed by atoms with Gasteiger partial charge in [-0.3, -0.25) is 4.79 Å². The molecule has 0 saturated heterocycles. The van der Waals surface area contributed by atoms with Crippen molar-refractivity contribution < 1.29 is 4.79 Å². The Bertz CT molecular complexity index is 1130. The Balaban J connectivity index is 1.57. The molecule has 29 heavy (non-hydrogen) atoms. The third-order valence-corrected chi connectivity index (χ3v) is 5.13. The zero-order valence-electron chi connectivity index (χ0n) is 17.0. The first kappa shape index (κ1) is 18.9. The summed E-state index contributed by atoms with van der Waals surface area (Å²) < 4.78 is 3.66. The van der Waals surface area contributed by atoms with Crippen molar-refractivity contribution >= 4 is 16.9 Å². The topological polar surface area (TPSA) is 64.7 Å². The number of hydrogen-bond acceptors (Lipinski definition) is 3. The second-order valence-corrected chi connectivity index (χ2v) is 7.47. The van der Waals surface area contributed by atoms with Crippen LogP contribution in [0.5, 0.6) is 0 Å². The van der Waals surface area contributed by atoms with Gasteiger partial charge in [-0.1, -0.05) is 37.3 Å². The molecule has 3 aromatic heterocycles. The summed E-state index contributed by atoms with van der Waals surface area (Å²) in [6, 6.07) is 16.2. The van der Waals surface area contributed by atoms with Crippen LogP contribution in [0.2, 0.25) is 0 Å². The van der Waals surface area contributed by atoms with Gasteiger partial charge in [-0.2, -0.15) is 5.10 Å². The molecule has 0 spiro atoms. The predicted octanol–water partition coefficient (Wildman–Crippen LogP) is 3.76. The number of nitrogens with one attached hydrogen (secondary N) is 1. The summed E-state index contributed by atoms with van der Waals surface area (Å²) in [5.41, 5.74) is 3.95. The highest BCUT2D eigenvalue weighted by Crippen LogP contribution is 2.25. The standard InChI is InChI=1S/C23H25N5O/c1-16-13-18(3)25-22-21(16)23(27-11-7-8-12-27)26-28(22)15-20(29)24-14-17(2)19-9-5-4-6-10-19/h4-13,17H,14-15H2,1-3H3,(H,24,29)/t17-/m0/s1. The number of hydrogen-bond donors (Lipinski definition) is 1. The number of amides is 1. The molecule has 0 aliphatic heterocycles. The number of nitrogens with zero attached hydrogens (tertiary/aromatic N) is 4. The van der Waals surface area contributed by atoms with Crippen LogP contribution in [0.15, 0.2) is 60.9 Å². The molecule has 0 fully saturated rings. The zero-order chi connectivity index (χ0) is 20.4. The molecule has 0 radical (unpaired) electrons. The molecule has 6 nitrogen and oxygen atoms in total. The summed E-state index contributed by atoms with van der Waals surface area (Å²) in [4.78, 5) is 17.3. The van der Waals surface area contributed by atoms with Crippen molar-refractivity contribution in [3.05, 3.63) is 77.7 Å². The van der Waals surface area contributed by atoms with Crippen LogP contribution in [0, 0.1) is 13.8 Å². The minimum Gasteiger partial charge on any atom is -0.354 e. The molecule has 148 valence electrons. The maximum Gasteiger partial charge on any atom is 0.241 e. The van der Waals surface area contributed by atoms with Crippen molar-refractivity contribution in [3.8, 4) is 5.82 Å². The van der Waals surface area contributed by atoms with Gasteiger partial charge in [0, 0.05) is 24.6 Å². The molecule has 0 aliphatic rings. The summed E-state index contributed by atoms with van der Waals surface area (Å²) in [6.45, 7) is 6.84. The third kappa shape index (κ3) is 3.92. The Kier molecular flexibility index (Phi) is 5.16. The first-order valence-electron chi connectivity index (χ1n) is 9.82. The largest absolute Gasteiger partial charge is 0.354 e. The van der Waals surface area contributed by atoms with Gasteiger partial charge in [0.2, 0.25) is 5.91 Å². The van der Waals surface area contributed by atoms with Gasteiger partial charge in [-0.15, -0.1) is 0 Å². The van der Waals surface area contributed by atoms with Gasteiger partial charge in [-0.05, 0) is 49.1 Å². The van der Waals surface area contributed by atoms with Crippen molar-refractivity contribution in [2.24, 2.45) is 0 Å². The van der Waals surface area contributed by atoms with Crippen LogP contribution >= 0.6 is 0 Å². The molecule has 0 bridgehead atoms. The summed E-state index contributed by atoms with van der Waals surface area (Å²) in [5.74, 6) is 0.963. The molecule has 0 unspecified atom stereocenters. The number of fused-ring (bicyclic) bond motifs is 1. The lowest BCUT2D eigenvalue weighted by molar-refractivity contribution is -0.121. The van der Waals surface area contributed by atoms with Crippen LogP contribution in [-0.2, 0) is 11.3 Å². The van der Waals surface area contributed by atoms with Crippen molar-refractivity contribution in [3.63, 3.8) is 0 Å². The lowest BCUT2D eigenvalue weighted by Crippen LogP contribution is -2.31. The van der Waals surface area contributed by atoms with E-state index < -0.39 is 0 Å². The molecule has 3 heterocycles. The third-order valence-electron chi connectivity index (χ3n) is 5.13. The van der Waals surface area contributed by atoms with Crippen LogP contribution in [0.1, 0.15) is 29.7 Å². The average molecular weight is 387 g/mol. The van der Waals surface area contributed by atoms with Crippen molar-refractivity contribution in [2.75, 3.05) is 6.54 Å². The van der Waals surface area contributed by atoms with Gasteiger partial charge in [0.1, 0.15) is 6.54 Å². The fraction of sp³-hybridized carbons (Fsp3) is 0.261. The van der Waals surface area contributed by atoms with E-state index >= 15 is 0 Å². The van der Waals surface area contributed by atoms with E-state index in [1.54, 1.807) is 4.68 Å². The number of rotatable bonds is 6. The van der Waals surface area contributed by atoms with Gasteiger partial charge in [0.25, 0.3) is 0 Å². The molecule has 0 saturated carbocycles. The van der Waals surface area contributed by atoms with Crippen LogP contribution in [0.3, 0.4) is 0 Å². The number of carbonyl (C=O) groups excluding carboxylic acids is 1. The van der Waals surface area contributed by atoms with Gasteiger partial charge >= 0.3 is 0 Å². The zero-order valence-corrected chi connectivity index (χ0v) is 17.0. The van der Waals surface area contributed by atoms with Crippen LogP contribution in [0.25, 0.3) is 16.9 Å². The summed E-state index contributed by atoms with van der Waals surface area (Å²) >= 11 is 0. The Labute approximate surface area is 170 Å². The fourth-order valence-corrected chi connectivity index (χ4v) is 3.62. The quantitative estimate of drug-likeness (QED) is 0.548. The second-order valence-electron chi connectivity index (χ2n) is 7.47. The van der Waals surface area contributed by atoms with Gasteiger partial charge in [0.15, 0.2) is 11.5 Å². The smallest absolute Gasteiger partial charge is 0.241 e. The highest BCUT2D eigenvalue weighted by molar-refractivity contribution is 5.88. The van der Waals surface area contributed by atoms with Gasteiger partial charge in [-0.25, -0.2) is 9.67 Å². The Morgan fingerprint density at radius 3 is 2.55 bits per heavy atom. The fourth-order valence-electron chi connectivity index (χ4n) is 3.62. The molecular weight excluding hydrogens is 362 g/mol. The van der Waals surface area contributed by atoms with Crippen LogP contribution < -0.4 is 5.32 Å². The number of aryl methyl sites for hydroxylation is 2. The van der Waals surface area contributed by atoms with E-state index in [2.05, 4.69) is 36.3 Å². The number of aromatic nitrogens is 4. The SMILES string of the molecule is Cc1cc(C)c2c(-n3cccc3)nn(CC(=O)NC[C@H](C)c3ccccc3)c2n1. The van der Waals surface area contributed by atoms with Crippen molar-refractivity contribution in [1.82, 2.24) is 24.6 Å². The lowest BCUT2D eigenvalue weighted by Gasteiger charge is -2.13. The first-order chi connectivity index (χ1) is 14.0. The maximum absolute atomic E-state index is 12.7. The molecule has 0 aliphatic carbocycles. The van der Waals surface area contributed by atoms with Gasteiger partial charge in [0.05, 0.1) is 5.39 Å². The predicted molar refractivity (Wildman–Crippen MR) is 114 cm³/mol. The van der Waals surface area contributed by atoms with Crippen LogP contribution in [0.4, 0.5) is 0 Å². The van der Waals surface area contributed by atoms with E-state index in [0.29, 0.717) is 6.54 Å². The normalized spacial score (nSPS) is 12.2. The Morgan fingerprint density at radius 2 is 1.83 bits per heavy atom.